The van der Waals surface area contributed by atoms with Gasteiger partial charge in [0.05, 0.1) is 12.5 Å². The number of rotatable bonds is 17. The van der Waals surface area contributed by atoms with E-state index in [2.05, 4.69) is 67.1 Å². The maximum atomic E-state index is 13.0. The number of benzene rings is 1. The summed E-state index contributed by atoms with van der Waals surface area (Å²) in [6.07, 6.45) is -8.98. The van der Waals surface area contributed by atoms with Gasteiger partial charge in [-0.3, -0.25) is 4.74 Å². The van der Waals surface area contributed by atoms with Crippen molar-refractivity contribution in [2.45, 2.75) is 253 Å². The van der Waals surface area contributed by atoms with E-state index in [4.69, 9.17) is 11.6 Å². The Bertz CT molecular complexity index is 1350. The topological polar surface area (TPSA) is 9.23 Å². The minimum Gasteiger partial charge on any atom is -0.292 e. The van der Waals surface area contributed by atoms with E-state index in [1.165, 1.54) is 70.6 Å². The van der Waals surface area contributed by atoms with Gasteiger partial charge in [-0.2, -0.15) is 48.3 Å². The van der Waals surface area contributed by atoms with Crippen LogP contribution in [0.2, 0.25) is 0 Å². The van der Waals surface area contributed by atoms with E-state index in [-0.39, 0.29) is 49.2 Å². The first-order valence-electron chi connectivity index (χ1n) is 26.5. The predicted octanol–water partition coefficient (Wildman–Crippen LogP) is 24.0. The van der Waals surface area contributed by atoms with Crippen LogP contribution in [0.3, 0.4) is 0 Å². The lowest BCUT2D eigenvalue weighted by atomic mass is 9.86. The number of ether oxygens (including phenoxy) is 1. The maximum Gasteiger partial charge on any atom is 0.522 e. The van der Waals surface area contributed by atoms with Crippen molar-refractivity contribution in [3.63, 3.8) is 0 Å². The number of halogens is 17. The second-order valence-electron chi connectivity index (χ2n) is 22.5. The maximum absolute atomic E-state index is 13.0. The molecule has 0 radical (unpaired) electrons. The third-order valence-electron chi connectivity index (χ3n) is 10.3. The van der Waals surface area contributed by atoms with Crippen molar-refractivity contribution in [3.05, 3.63) is 35.4 Å². The van der Waals surface area contributed by atoms with Crippen LogP contribution in [0.5, 0.6) is 0 Å². The van der Waals surface area contributed by atoms with Gasteiger partial charge < -0.3 is 0 Å². The third kappa shape index (κ3) is 64.8. The van der Waals surface area contributed by atoms with Crippen LogP contribution in [0.15, 0.2) is 18.2 Å². The molecule has 0 bridgehead atoms. The second kappa shape index (κ2) is 46.1. The zero-order valence-corrected chi connectivity index (χ0v) is 49.3. The van der Waals surface area contributed by atoms with Crippen molar-refractivity contribution in [2.75, 3.05) is 12.5 Å². The molecule has 1 saturated carbocycles. The molecule has 0 N–H and O–H groups in total. The first kappa shape index (κ1) is 87.2. The van der Waals surface area contributed by atoms with Crippen molar-refractivity contribution in [3.8, 4) is 0 Å². The highest BCUT2D eigenvalue weighted by atomic mass is 35.5. The lowest BCUT2D eigenvalue weighted by Gasteiger charge is -2.25. The van der Waals surface area contributed by atoms with Crippen molar-refractivity contribution in [1.82, 2.24) is 0 Å². The molecule has 2 rings (SSSR count). The minimum absolute atomic E-state index is 0. The van der Waals surface area contributed by atoms with Gasteiger partial charge in [0.1, 0.15) is 11.6 Å². The number of alkyl halides is 15. The normalized spacial score (nSPS) is 14.8. The summed E-state index contributed by atoms with van der Waals surface area (Å²) in [4.78, 5) is 0. The Labute approximate surface area is 451 Å². The monoisotopic (exact) mass is 1140 g/mol. The highest BCUT2D eigenvalue weighted by molar-refractivity contribution is 6.17. The summed E-state index contributed by atoms with van der Waals surface area (Å²) in [6.45, 7) is 37.1. The number of hydrogen-bond donors (Lipinski definition) is 0. The van der Waals surface area contributed by atoms with Gasteiger partial charge >= 0.3 is 30.8 Å². The third-order valence-corrected chi connectivity index (χ3v) is 10.6. The Morgan fingerprint density at radius 2 is 0.933 bits per heavy atom. The molecule has 0 spiro atoms. The average Bonchev–Trinajstić information content (AvgIpc) is 3.69. The van der Waals surface area contributed by atoms with Crippen molar-refractivity contribution < 1.29 is 75.0 Å². The zero-order chi connectivity index (χ0) is 60.0. The summed E-state index contributed by atoms with van der Waals surface area (Å²) < 4.78 is 193. The molecule has 18 heteroatoms. The summed E-state index contributed by atoms with van der Waals surface area (Å²) in [5.41, 5.74) is 0.201. The zero-order valence-electron chi connectivity index (χ0n) is 48.5. The minimum atomic E-state index is -5.41. The Balaban J connectivity index is -0.000000142. The molecular formula is C57H105ClF16O. The molecule has 1 fully saturated rings. The smallest absolute Gasteiger partial charge is 0.292 e. The molecule has 1 aromatic carbocycles. The van der Waals surface area contributed by atoms with Crippen LogP contribution >= 0.6 is 11.6 Å². The molecule has 1 aliphatic rings. The molecule has 0 amide bonds. The summed E-state index contributed by atoms with van der Waals surface area (Å²) >= 11 is 5.45. The fraction of sp³-hybridized carbons (Fsp3) is 0.895. The summed E-state index contributed by atoms with van der Waals surface area (Å²) in [6, 6.07) is 3.97. The molecule has 2 unspecified atom stereocenters. The molecule has 1 aromatic rings. The van der Waals surface area contributed by atoms with E-state index < -0.39 is 67.1 Å². The molecule has 0 aliphatic heterocycles. The fourth-order valence-electron chi connectivity index (χ4n) is 6.56. The van der Waals surface area contributed by atoms with E-state index in [9.17, 15) is 70.2 Å². The molecular weight excluding hydrogens is 1040 g/mol. The summed E-state index contributed by atoms with van der Waals surface area (Å²) in [7, 11) is 0. The first-order valence-corrected chi connectivity index (χ1v) is 27.0. The van der Waals surface area contributed by atoms with Gasteiger partial charge in [0.15, 0.2) is 0 Å². The van der Waals surface area contributed by atoms with Crippen molar-refractivity contribution in [2.24, 2.45) is 65.1 Å². The van der Waals surface area contributed by atoms with Gasteiger partial charge in [0.25, 0.3) is 0 Å². The van der Waals surface area contributed by atoms with Crippen LogP contribution in [0, 0.1) is 76.7 Å². The van der Waals surface area contributed by atoms with E-state index in [0.29, 0.717) is 19.3 Å². The van der Waals surface area contributed by atoms with Crippen molar-refractivity contribution >= 4 is 11.6 Å². The molecule has 0 heterocycles. The van der Waals surface area contributed by atoms with Crippen LogP contribution in [-0.2, 0) is 11.2 Å². The molecule has 2 atom stereocenters. The van der Waals surface area contributed by atoms with E-state index in [1.807, 2.05) is 41.5 Å². The van der Waals surface area contributed by atoms with Crippen LogP contribution in [0.4, 0.5) is 70.2 Å². The Morgan fingerprint density at radius 3 is 1.13 bits per heavy atom. The van der Waals surface area contributed by atoms with E-state index >= 15 is 0 Å². The van der Waals surface area contributed by atoms with Gasteiger partial charge in [-0.05, 0) is 110 Å². The SMILES string of the molecule is C.CC(C)C1CCCC1C(F)(F)F.CC(C)CC(F)(F)C(F)(F)F.CC(C)CC(F)(F)F.CC(C)CCC(C)C.CC(C)CCCCl.CC(C)CCOC(F)(F)F.CC(C)Cc1c(F)cccc1F.CCCC(C)C. The molecule has 0 aromatic heterocycles. The van der Waals surface area contributed by atoms with Gasteiger partial charge in [-0.25, -0.2) is 8.78 Å². The van der Waals surface area contributed by atoms with Crippen LogP contribution in [-0.4, -0.2) is 43.3 Å². The Kier molecular flexibility index (Phi) is 53.7. The lowest BCUT2D eigenvalue weighted by Crippen LogP contribution is -2.37. The molecule has 75 heavy (non-hydrogen) atoms. The predicted molar refractivity (Wildman–Crippen MR) is 284 cm³/mol. The van der Waals surface area contributed by atoms with Crippen LogP contribution < -0.4 is 0 Å². The summed E-state index contributed by atoms with van der Waals surface area (Å²) in [5, 5.41) is 0. The summed E-state index contributed by atoms with van der Waals surface area (Å²) in [5.74, 6) is -2.53. The standard InChI is InChI=1S/C10H12F2.C9H15F3.C8H18.C6H13Cl.C6H9F5.C6H11F3O.C6H14.C5H9F3.CH4/c1-7(2)6-8-9(11)4-3-5-10(8)12;1-6(2)7-4-3-5-8(7)9(10,11)12;1-7(2)5-6-8(3)4;1-6(2)4-3-5-7;1-4(2)3-5(7,8)6(9,10)11;1-5(2)3-4-10-6(7,8)9;1-4-5-6(2)3;1-4(2)3-5(6,7)8;/h3-5,7H,6H2,1-2H3;6-8H,3-5H2,1-2H3;7-8H,5-6H2,1-4H3;6H,3-5H2,1-2H3;4H,3H2,1-2H3;5H,3-4H2,1-2H3;6H,4-5H2,1-3H3;4H,3H2,1-2H3;1H4. The molecule has 1 nitrogen and oxygen atoms in total. The highest BCUT2D eigenvalue weighted by Gasteiger charge is 2.57. The van der Waals surface area contributed by atoms with Gasteiger partial charge in [0, 0.05) is 24.3 Å². The lowest BCUT2D eigenvalue weighted by molar-refractivity contribution is -0.325. The fourth-order valence-corrected chi connectivity index (χ4v) is 6.71. The van der Waals surface area contributed by atoms with Gasteiger partial charge in [-0.1, -0.05) is 177 Å². The van der Waals surface area contributed by atoms with Crippen LogP contribution in [0.1, 0.15) is 222 Å². The average molecular weight is 1150 g/mol. The number of hydrogen-bond acceptors (Lipinski definition) is 1. The van der Waals surface area contributed by atoms with Crippen molar-refractivity contribution in [1.29, 1.82) is 0 Å². The van der Waals surface area contributed by atoms with E-state index in [0.717, 1.165) is 42.4 Å². The van der Waals surface area contributed by atoms with Gasteiger partial charge in [-0.15, -0.1) is 24.8 Å². The quantitative estimate of drug-likeness (QED) is 0.112. The molecule has 0 saturated heterocycles. The Morgan fingerprint density at radius 1 is 0.533 bits per heavy atom. The molecule has 458 valence electrons. The van der Waals surface area contributed by atoms with Crippen LogP contribution in [0.25, 0.3) is 0 Å². The Hall–Kier alpha value is -1.65. The molecule has 1 aliphatic carbocycles. The van der Waals surface area contributed by atoms with E-state index in [1.54, 1.807) is 13.8 Å². The van der Waals surface area contributed by atoms with Gasteiger partial charge in [0.2, 0.25) is 0 Å². The second-order valence-corrected chi connectivity index (χ2v) is 22.9. The highest BCUT2D eigenvalue weighted by Crippen LogP contribution is 2.46. The largest absolute Gasteiger partial charge is 0.522 e. The first-order chi connectivity index (χ1) is 33.2.